The Balaban J connectivity index is 2.26. The first-order valence-electron chi connectivity index (χ1n) is 8.09. The third-order valence-corrected chi connectivity index (χ3v) is 4.19. The second kappa shape index (κ2) is 8.39. The summed E-state index contributed by atoms with van der Waals surface area (Å²) in [7, 11) is 3.08. The molecule has 128 valence electrons. The first kappa shape index (κ1) is 17.9. The number of methoxy groups -OCH3 is 2. The predicted octanol–water partition coefficient (Wildman–Crippen LogP) is 4.36. The molecule has 2 aromatic rings. The van der Waals surface area contributed by atoms with Gasteiger partial charge in [-0.2, -0.15) is 0 Å². The molecule has 2 aromatic carbocycles. The minimum absolute atomic E-state index is 0.00565. The molecule has 0 aliphatic carbocycles. The minimum Gasteiger partial charge on any atom is -0.497 e. The van der Waals surface area contributed by atoms with Gasteiger partial charge < -0.3 is 14.8 Å². The Hall–Kier alpha value is -2.49. The van der Waals surface area contributed by atoms with E-state index < -0.39 is 0 Å². The van der Waals surface area contributed by atoms with Crippen LogP contribution in [0.5, 0.6) is 5.75 Å². The number of hydrogen-bond acceptors (Lipinski definition) is 4. The van der Waals surface area contributed by atoms with Crippen molar-refractivity contribution in [1.82, 2.24) is 0 Å². The Labute approximate surface area is 143 Å². The van der Waals surface area contributed by atoms with Crippen LogP contribution in [0.1, 0.15) is 30.5 Å². The number of carbonyl (C=O) groups is 1. The normalized spacial score (nSPS) is 13.0. The molecule has 0 amide bonds. The lowest BCUT2D eigenvalue weighted by Gasteiger charge is -2.24. The smallest absolute Gasteiger partial charge is 0.308 e. The molecule has 0 spiro atoms. The Kier molecular flexibility index (Phi) is 6.24. The molecule has 0 unspecified atom stereocenters. The van der Waals surface area contributed by atoms with Gasteiger partial charge in [0.15, 0.2) is 0 Å². The van der Waals surface area contributed by atoms with Gasteiger partial charge in [-0.05, 0) is 42.7 Å². The van der Waals surface area contributed by atoms with Crippen molar-refractivity contribution in [3.8, 4) is 5.75 Å². The van der Waals surface area contributed by atoms with E-state index in [0.29, 0.717) is 6.42 Å². The lowest BCUT2D eigenvalue weighted by molar-refractivity contribution is -0.145. The van der Waals surface area contributed by atoms with Crippen molar-refractivity contribution in [3.05, 3.63) is 59.7 Å². The second-order valence-corrected chi connectivity index (χ2v) is 5.94. The highest BCUT2D eigenvalue weighted by Crippen LogP contribution is 2.29. The van der Waals surface area contributed by atoms with E-state index in [4.69, 9.17) is 9.47 Å². The summed E-state index contributed by atoms with van der Waals surface area (Å²) in [4.78, 5) is 11.8. The number of ether oxygens (including phenoxy) is 2. The van der Waals surface area contributed by atoms with Gasteiger partial charge in [-0.3, -0.25) is 4.79 Å². The number of esters is 1. The number of anilines is 1. The van der Waals surface area contributed by atoms with Gasteiger partial charge in [0.05, 0.1) is 26.2 Å². The lowest BCUT2D eigenvalue weighted by Crippen LogP contribution is -2.20. The molecule has 4 nitrogen and oxygen atoms in total. The van der Waals surface area contributed by atoms with Crippen LogP contribution in [-0.2, 0) is 9.53 Å². The highest BCUT2D eigenvalue weighted by molar-refractivity contribution is 5.72. The maximum Gasteiger partial charge on any atom is 0.308 e. The van der Waals surface area contributed by atoms with Crippen molar-refractivity contribution in [3.63, 3.8) is 0 Å². The highest BCUT2D eigenvalue weighted by Gasteiger charge is 2.21. The van der Waals surface area contributed by atoms with Gasteiger partial charge in [0.1, 0.15) is 5.75 Å². The van der Waals surface area contributed by atoms with Crippen LogP contribution in [0.3, 0.4) is 0 Å². The molecule has 2 rings (SSSR count). The number of nitrogens with one attached hydrogen (secondary N) is 1. The molecule has 0 saturated heterocycles. The van der Waals surface area contributed by atoms with E-state index >= 15 is 0 Å². The van der Waals surface area contributed by atoms with E-state index in [0.717, 1.165) is 17.0 Å². The average molecular weight is 327 g/mol. The fraction of sp³-hybridized carbons (Fsp3) is 0.350. The first-order valence-corrected chi connectivity index (χ1v) is 8.09. The molecule has 0 heterocycles. The second-order valence-electron chi connectivity index (χ2n) is 5.94. The summed E-state index contributed by atoms with van der Waals surface area (Å²) in [6.07, 6.45) is 0.646. The van der Waals surface area contributed by atoms with Gasteiger partial charge in [0.25, 0.3) is 0 Å². The Bertz CT molecular complexity index is 667. The van der Waals surface area contributed by atoms with Gasteiger partial charge in [-0.25, -0.2) is 0 Å². The number of benzene rings is 2. The van der Waals surface area contributed by atoms with Gasteiger partial charge in [-0.1, -0.05) is 37.3 Å². The van der Waals surface area contributed by atoms with Gasteiger partial charge in [0.2, 0.25) is 0 Å². The summed E-state index contributed by atoms with van der Waals surface area (Å²) in [6, 6.07) is 16.1. The minimum atomic E-state index is -0.196. The monoisotopic (exact) mass is 327 g/mol. The number of rotatable bonds is 7. The third-order valence-electron chi connectivity index (χ3n) is 4.19. The molecular formula is C20H25NO3. The lowest BCUT2D eigenvalue weighted by atomic mass is 9.95. The first-order chi connectivity index (χ1) is 11.5. The van der Waals surface area contributed by atoms with Crippen molar-refractivity contribution in [1.29, 1.82) is 0 Å². The van der Waals surface area contributed by atoms with E-state index in [2.05, 4.69) is 24.4 Å². The zero-order valence-corrected chi connectivity index (χ0v) is 14.7. The fourth-order valence-electron chi connectivity index (χ4n) is 2.69. The summed E-state index contributed by atoms with van der Waals surface area (Å²) in [6.45, 7) is 3.96. The van der Waals surface area contributed by atoms with Gasteiger partial charge in [0, 0.05) is 5.69 Å². The van der Waals surface area contributed by atoms with E-state index in [9.17, 15) is 4.79 Å². The Morgan fingerprint density at radius 2 is 1.75 bits per heavy atom. The van der Waals surface area contributed by atoms with Gasteiger partial charge in [-0.15, -0.1) is 0 Å². The molecule has 0 bridgehead atoms. The van der Waals surface area contributed by atoms with Crippen LogP contribution < -0.4 is 10.1 Å². The molecule has 0 aromatic heterocycles. The summed E-state index contributed by atoms with van der Waals surface area (Å²) in [5.41, 5.74) is 3.34. The summed E-state index contributed by atoms with van der Waals surface area (Å²) in [5.74, 6) is 0.424. The zero-order valence-electron chi connectivity index (χ0n) is 14.7. The number of carbonyl (C=O) groups excluding carboxylic acids is 1. The molecule has 0 fully saturated rings. The molecule has 0 aliphatic rings. The topological polar surface area (TPSA) is 47.6 Å². The summed E-state index contributed by atoms with van der Waals surface area (Å²) >= 11 is 0. The molecule has 0 aliphatic heterocycles. The molecule has 24 heavy (non-hydrogen) atoms. The highest BCUT2D eigenvalue weighted by atomic mass is 16.5. The molecule has 0 saturated carbocycles. The molecular weight excluding hydrogens is 302 g/mol. The third kappa shape index (κ3) is 4.51. The molecule has 0 radical (unpaired) electrons. The van der Waals surface area contributed by atoms with Crippen LogP contribution in [-0.4, -0.2) is 20.2 Å². The van der Waals surface area contributed by atoms with E-state index in [-0.39, 0.29) is 17.9 Å². The number of hydrogen-bond donors (Lipinski definition) is 1. The van der Waals surface area contributed by atoms with Crippen molar-refractivity contribution in [2.24, 2.45) is 5.92 Å². The molecule has 2 atom stereocenters. The average Bonchev–Trinajstić information content (AvgIpc) is 2.62. The number of aryl methyl sites for hydroxylation is 1. The van der Waals surface area contributed by atoms with Crippen molar-refractivity contribution in [2.75, 3.05) is 19.5 Å². The van der Waals surface area contributed by atoms with Crippen molar-refractivity contribution in [2.45, 2.75) is 26.3 Å². The maximum atomic E-state index is 11.8. The largest absolute Gasteiger partial charge is 0.497 e. The van der Waals surface area contributed by atoms with Crippen LogP contribution in [0.4, 0.5) is 5.69 Å². The molecule has 1 N–H and O–H groups in total. The van der Waals surface area contributed by atoms with Crippen LogP contribution in [0.2, 0.25) is 0 Å². The van der Waals surface area contributed by atoms with Crippen LogP contribution >= 0.6 is 0 Å². The SMILES string of the molecule is COC(=O)[C@H](C)C[C@H](Nc1ccccc1C)c1ccc(OC)cc1. The maximum absolute atomic E-state index is 11.8. The summed E-state index contributed by atoms with van der Waals surface area (Å²) < 4.78 is 10.1. The van der Waals surface area contributed by atoms with Crippen LogP contribution in [0.25, 0.3) is 0 Å². The van der Waals surface area contributed by atoms with Crippen LogP contribution in [0.15, 0.2) is 48.5 Å². The van der Waals surface area contributed by atoms with Crippen molar-refractivity contribution >= 4 is 11.7 Å². The fourth-order valence-corrected chi connectivity index (χ4v) is 2.69. The number of para-hydroxylation sites is 1. The quantitative estimate of drug-likeness (QED) is 0.768. The molecule has 4 heteroatoms. The van der Waals surface area contributed by atoms with E-state index in [1.165, 1.54) is 12.7 Å². The predicted molar refractivity (Wildman–Crippen MR) is 96.3 cm³/mol. The van der Waals surface area contributed by atoms with Gasteiger partial charge >= 0.3 is 5.97 Å². The van der Waals surface area contributed by atoms with E-state index in [1.807, 2.05) is 43.3 Å². The Morgan fingerprint density at radius 1 is 1.08 bits per heavy atom. The standard InChI is InChI=1S/C20H25NO3/c1-14-7-5-6-8-18(14)21-19(13-15(2)20(22)24-4)16-9-11-17(23-3)12-10-16/h5-12,15,19,21H,13H2,1-4H3/t15-,19+/m1/s1. The Morgan fingerprint density at radius 3 is 2.33 bits per heavy atom. The summed E-state index contributed by atoms with van der Waals surface area (Å²) in [5, 5.41) is 3.56. The van der Waals surface area contributed by atoms with E-state index in [1.54, 1.807) is 7.11 Å². The zero-order chi connectivity index (χ0) is 17.5. The van der Waals surface area contributed by atoms with Crippen LogP contribution in [0, 0.1) is 12.8 Å². The van der Waals surface area contributed by atoms with Crippen molar-refractivity contribution < 1.29 is 14.3 Å².